The molecule has 0 saturated heterocycles. The molecule has 0 saturated carbocycles. The zero-order valence-electron chi connectivity index (χ0n) is 12.2. The second kappa shape index (κ2) is 6.85. The molecule has 21 heavy (non-hydrogen) atoms. The van der Waals surface area contributed by atoms with Gasteiger partial charge in [-0.05, 0) is 31.2 Å². The Hall–Kier alpha value is -2.40. The van der Waals surface area contributed by atoms with Crippen molar-refractivity contribution in [3.8, 4) is 0 Å². The molecule has 0 aliphatic carbocycles. The maximum Gasteiger partial charge on any atom is 0.258 e. The van der Waals surface area contributed by atoms with Gasteiger partial charge in [0.25, 0.3) is 5.91 Å². The molecule has 0 fully saturated rings. The standard InChI is InChI=1S/C16H19N3O2/c1-12(20)11-18-15-10-13(8-9-17-15)16(21)19(2)14-6-4-3-5-7-14/h3-10,12,20H,11H2,1-2H3,(H,17,18). The van der Waals surface area contributed by atoms with E-state index in [1.807, 2.05) is 30.3 Å². The first-order valence-electron chi connectivity index (χ1n) is 6.79. The molecule has 1 aromatic heterocycles. The third kappa shape index (κ3) is 4.03. The van der Waals surface area contributed by atoms with Gasteiger partial charge in [0, 0.05) is 31.0 Å². The Morgan fingerprint density at radius 2 is 2.05 bits per heavy atom. The zero-order chi connectivity index (χ0) is 15.2. The summed E-state index contributed by atoms with van der Waals surface area (Å²) in [5.74, 6) is 0.465. The van der Waals surface area contributed by atoms with E-state index in [1.165, 1.54) is 0 Å². The van der Waals surface area contributed by atoms with Crippen LogP contribution in [0.4, 0.5) is 11.5 Å². The van der Waals surface area contributed by atoms with Gasteiger partial charge in [-0.2, -0.15) is 0 Å². The number of carbonyl (C=O) groups is 1. The van der Waals surface area contributed by atoms with Crippen LogP contribution in [0.1, 0.15) is 17.3 Å². The summed E-state index contributed by atoms with van der Waals surface area (Å²) in [5.41, 5.74) is 1.38. The summed E-state index contributed by atoms with van der Waals surface area (Å²) in [4.78, 5) is 18.2. The monoisotopic (exact) mass is 285 g/mol. The number of amides is 1. The van der Waals surface area contributed by atoms with Crippen LogP contribution in [0.15, 0.2) is 48.7 Å². The Balaban J connectivity index is 2.14. The summed E-state index contributed by atoms with van der Waals surface area (Å²) in [6.45, 7) is 2.07. The number of pyridine rings is 1. The van der Waals surface area contributed by atoms with Crippen molar-refractivity contribution in [2.24, 2.45) is 0 Å². The molecule has 0 radical (unpaired) electrons. The van der Waals surface area contributed by atoms with Crippen LogP contribution in [0.25, 0.3) is 0 Å². The van der Waals surface area contributed by atoms with Gasteiger partial charge in [0.15, 0.2) is 0 Å². The first kappa shape index (κ1) is 15.0. The van der Waals surface area contributed by atoms with Gasteiger partial charge in [0.05, 0.1) is 6.10 Å². The van der Waals surface area contributed by atoms with Gasteiger partial charge in [-0.15, -0.1) is 0 Å². The molecular weight excluding hydrogens is 266 g/mol. The maximum atomic E-state index is 12.5. The van der Waals surface area contributed by atoms with Gasteiger partial charge in [0.2, 0.25) is 0 Å². The summed E-state index contributed by atoms with van der Waals surface area (Å²) in [5, 5.41) is 12.2. The fraction of sp³-hybridized carbons (Fsp3) is 0.250. The number of aromatic nitrogens is 1. The largest absolute Gasteiger partial charge is 0.392 e. The topological polar surface area (TPSA) is 65.5 Å². The Morgan fingerprint density at radius 1 is 1.33 bits per heavy atom. The molecule has 2 N–H and O–H groups in total. The lowest BCUT2D eigenvalue weighted by Crippen LogP contribution is -2.26. The van der Waals surface area contributed by atoms with Crippen LogP contribution in [0, 0.1) is 0 Å². The Morgan fingerprint density at radius 3 is 2.71 bits per heavy atom. The fourth-order valence-electron chi connectivity index (χ4n) is 1.88. The molecule has 1 heterocycles. The molecular formula is C16H19N3O2. The van der Waals surface area contributed by atoms with Crippen LogP contribution in [-0.2, 0) is 0 Å². The number of hydrogen-bond donors (Lipinski definition) is 2. The van der Waals surface area contributed by atoms with E-state index in [0.29, 0.717) is 17.9 Å². The normalized spacial score (nSPS) is 11.8. The number of nitrogens with one attached hydrogen (secondary N) is 1. The molecule has 110 valence electrons. The Labute approximate surface area is 124 Å². The van der Waals surface area contributed by atoms with Crippen molar-refractivity contribution in [2.45, 2.75) is 13.0 Å². The highest BCUT2D eigenvalue weighted by molar-refractivity contribution is 6.06. The molecule has 1 atom stereocenters. The zero-order valence-corrected chi connectivity index (χ0v) is 12.2. The van der Waals surface area contributed by atoms with Crippen LogP contribution in [0.3, 0.4) is 0 Å². The van der Waals surface area contributed by atoms with Crippen molar-refractivity contribution in [3.63, 3.8) is 0 Å². The lowest BCUT2D eigenvalue weighted by molar-refractivity contribution is 0.0993. The van der Waals surface area contributed by atoms with Crippen LogP contribution in [0.5, 0.6) is 0 Å². The number of rotatable bonds is 5. The molecule has 2 aromatic rings. The van der Waals surface area contributed by atoms with Gasteiger partial charge in [0.1, 0.15) is 5.82 Å². The number of hydrogen-bond acceptors (Lipinski definition) is 4. The molecule has 5 heteroatoms. The molecule has 0 bridgehead atoms. The summed E-state index contributed by atoms with van der Waals surface area (Å²) < 4.78 is 0. The lowest BCUT2D eigenvalue weighted by Gasteiger charge is -2.17. The van der Waals surface area contributed by atoms with E-state index < -0.39 is 6.10 Å². The van der Waals surface area contributed by atoms with E-state index in [2.05, 4.69) is 10.3 Å². The van der Waals surface area contributed by atoms with Gasteiger partial charge < -0.3 is 15.3 Å². The van der Waals surface area contributed by atoms with E-state index in [0.717, 1.165) is 5.69 Å². The first-order chi connectivity index (χ1) is 10.1. The first-order valence-corrected chi connectivity index (χ1v) is 6.79. The number of aliphatic hydroxyl groups is 1. The number of carbonyl (C=O) groups excluding carboxylic acids is 1. The third-order valence-corrected chi connectivity index (χ3v) is 3.03. The number of nitrogens with zero attached hydrogens (tertiary/aromatic N) is 2. The van der Waals surface area contributed by atoms with Crippen molar-refractivity contribution in [1.29, 1.82) is 0 Å². The molecule has 1 unspecified atom stereocenters. The summed E-state index contributed by atoms with van der Waals surface area (Å²) in [6, 6.07) is 12.8. The van der Waals surface area contributed by atoms with Crippen LogP contribution in [0.2, 0.25) is 0 Å². The van der Waals surface area contributed by atoms with Crippen molar-refractivity contribution >= 4 is 17.4 Å². The summed E-state index contributed by atoms with van der Waals surface area (Å²) >= 11 is 0. The smallest absolute Gasteiger partial charge is 0.258 e. The van der Waals surface area contributed by atoms with Crippen molar-refractivity contribution in [1.82, 2.24) is 4.98 Å². The molecule has 1 aromatic carbocycles. The minimum atomic E-state index is -0.474. The quantitative estimate of drug-likeness (QED) is 0.883. The molecule has 0 aliphatic rings. The molecule has 0 aliphatic heterocycles. The highest BCUT2D eigenvalue weighted by Crippen LogP contribution is 2.16. The molecule has 1 amide bonds. The fourth-order valence-corrected chi connectivity index (χ4v) is 1.88. The van der Waals surface area contributed by atoms with Crippen LogP contribution >= 0.6 is 0 Å². The molecule has 0 spiro atoms. The Bertz CT molecular complexity index is 599. The number of anilines is 2. The van der Waals surface area contributed by atoms with Gasteiger partial charge in [-0.25, -0.2) is 4.98 Å². The lowest BCUT2D eigenvalue weighted by atomic mass is 10.2. The van der Waals surface area contributed by atoms with E-state index in [4.69, 9.17) is 0 Å². The van der Waals surface area contributed by atoms with Gasteiger partial charge in [-0.1, -0.05) is 18.2 Å². The second-order valence-electron chi connectivity index (χ2n) is 4.86. The van der Waals surface area contributed by atoms with E-state index in [1.54, 1.807) is 37.2 Å². The summed E-state index contributed by atoms with van der Waals surface area (Å²) in [7, 11) is 1.74. The average molecular weight is 285 g/mol. The number of para-hydroxylation sites is 1. The van der Waals surface area contributed by atoms with Crippen molar-refractivity contribution in [3.05, 3.63) is 54.2 Å². The van der Waals surface area contributed by atoms with Crippen LogP contribution < -0.4 is 10.2 Å². The number of aliphatic hydroxyl groups excluding tert-OH is 1. The third-order valence-electron chi connectivity index (χ3n) is 3.03. The van der Waals surface area contributed by atoms with Crippen molar-refractivity contribution < 1.29 is 9.90 Å². The highest BCUT2D eigenvalue weighted by Gasteiger charge is 2.14. The van der Waals surface area contributed by atoms with Crippen molar-refractivity contribution in [2.75, 3.05) is 23.8 Å². The second-order valence-corrected chi connectivity index (χ2v) is 4.86. The Kier molecular flexibility index (Phi) is 4.90. The average Bonchev–Trinajstić information content (AvgIpc) is 2.52. The van der Waals surface area contributed by atoms with Gasteiger partial charge >= 0.3 is 0 Å². The highest BCUT2D eigenvalue weighted by atomic mass is 16.3. The SMILES string of the molecule is CC(O)CNc1cc(C(=O)N(C)c2ccccc2)ccn1. The molecule has 5 nitrogen and oxygen atoms in total. The van der Waals surface area contributed by atoms with Gasteiger partial charge in [-0.3, -0.25) is 4.79 Å². The molecule has 2 rings (SSSR count). The summed E-state index contributed by atoms with van der Waals surface area (Å²) in [6.07, 6.45) is 1.11. The van der Waals surface area contributed by atoms with E-state index >= 15 is 0 Å². The predicted octanol–water partition coefficient (Wildman–Crippen LogP) is 2.15. The van der Waals surface area contributed by atoms with Crippen LogP contribution in [-0.4, -0.2) is 35.7 Å². The van der Waals surface area contributed by atoms with E-state index in [-0.39, 0.29) is 5.91 Å². The predicted molar refractivity (Wildman–Crippen MR) is 83.6 cm³/mol. The maximum absolute atomic E-state index is 12.5. The van der Waals surface area contributed by atoms with E-state index in [9.17, 15) is 9.90 Å². The number of benzene rings is 1. The minimum absolute atomic E-state index is 0.108. The minimum Gasteiger partial charge on any atom is -0.392 e.